The van der Waals surface area contributed by atoms with E-state index in [1.54, 1.807) is 54.5 Å². The van der Waals surface area contributed by atoms with Crippen LogP contribution >= 0.6 is 0 Å². The molecule has 4 amide bonds. The number of carbonyl (C=O) groups is 6. The summed E-state index contributed by atoms with van der Waals surface area (Å²) in [5.41, 5.74) is 5.34. The molecule has 432 valence electrons. The molecule has 0 spiro atoms. The molecule has 4 N–H and O–H groups in total. The summed E-state index contributed by atoms with van der Waals surface area (Å²) in [4.78, 5) is 92.4. The number of esters is 1. The van der Waals surface area contributed by atoms with Crippen LogP contribution in [-0.4, -0.2) is 134 Å². The van der Waals surface area contributed by atoms with Crippen LogP contribution < -0.4 is 29.5 Å². The number of hydrogen-bond acceptors (Lipinski definition) is 14. The Morgan fingerprint density at radius 3 is 1.21 bits per heavy atom. The first-order valence-corrected chi connectivity index (χ1v) is 26.3. The molecule has 82 heavy (non-hydrogen) atoms. The molecule has 2 aliphatic heterocycles. The number of ether oxygens (including phenoxy) is 3. The summed E-state index contributed by atoms with van der Waals surface area (Å²) in [6.07, 6.45) is 1.66. The van der Waals surface area contributed by atoms with E-state index < -0.39 is 82.5 Å². The van der Waals surface area contributed by atoms with Gasteiger partial charge in [0, 0.05) is 46.9 Å². The molecule has 6 aliphatic rings. The van der Waals surface area contributed by atoms with E-state index in [0.717, 1.165) is 44.5 Å². The molecule has 4 aromatic carbocycles. The maximum Gasteiger partial charge on any atom is 1.00 e. The fourth-order valence-corrected chi connectivity index (χ4v) is 10.6. The van der Waals surface area contributed by atoms with Crippen LogP contribution in [-0.2, 0) is 43.1 Å². The number of carboxylic acids is 1. The van der Waals surface area contributed by atoms with Crippen molar-refractivity contribution < 1.29 is 82.1 Å². The summed E-state index contributed by atoms with van der Waals surface area (Å²) >= 11 is 0. The maximum atomic E-state index is 13.6. The van der Waals surface area contributed by atoms with Crippen LogP contribution in [0.5, 0.6) is 0 Å². The van der Waals surface area contributed by atoms with Crippen LogP contribution in [0.25, 0.3) is 22.3 Å². The van der Waals surface area contributed by atoms with Crippen LogP contribution in [0.1, 0.15) is 111 Å². The van der Waals surface area contributed by atoms with Gasteiger partial charge in [-0.25, -0.2) is 19.2 Å². The standard InChI is InChI=1S/C31H35N3O6.C29H31N3O6.2CH4.Li.H2O/c1-6-19-17-31(19,28(36)38-7-2)32-27(35)25-16-20(18-34(25)29(37)39-30(3,4)5)40-33-26-23-14-10-8-12-21(23)22-13-9-11-15-24(22)26;1-5-17-15-29(17,26(34)35)30-25(33)23-14-18(16-32(23)27(36)37-28(2,3)4)38-31-24-21-12-8-6-10-19(21)20-11-7-9-13-22(20)24;;;;/h6,8-15,19-20,25H,1,7,16-18H2,2-5H3,(H,32,35);5-13,17-18,23H,1,14-16H2,2-4H3,(H,30,33)(H,34,35);2*1H4;;1H2/q;;;;+1;/p-1/t19-,20-,25+,31-;17-,18-,23+,29-;;;;/m11..../s1. The molecule has 19 nitrogen and oxygen atoms in total. The largest absolute Gasteiger partial charge is 1.00 e. The number of aliphatic carboxylic acids is 1. The molecule has 0 bridgehead atoms. The number of rotatable bonds is 13. The molecule has 0 unspecified atom stereocenters. The van der Waals surface area contributed by atoms with Crippen molar-refractivity contribution in [3.8, 4) is 22.3 Å². The van der Waals surface area contributed by atoms with Gasteiger partial charge in [-0.1, -0.05) is 134 Å². The summed E-state index contributed by atoms with van der Waals surface area (Å²) in [7, 11) is 0. The number of benzene rings is 4. The molecule has 4 aliphatic carbocycles. The molecular formula is C62H75LiN6O13. The van der Waals surface area contributed by atoms with Crippen LogP contribution in [0.4, 0.5) is 9.59 Å². The third kappa shape index (κ3) is 13.1. The minimum absolute atomic E-state index is 0. The van der Waals surface area contributed by atoms with Crippen molar-refractivity contribution in [3.63, 3.8) is 0 Å². The average molecular weight is 1120 g/mol. The summed E-state index contributed by atoms with van der Waals surface area (Å²) in [5.74, 6) is -3.30. The van der Waals surface area contributed by atoms with E-state index in [0.29, 0.717) is 17.8 Å². The minimum atomic E-state index is -1.41. The number of oxime groups is 2. The predicted molar refractivity (Wildman–Crippen MR) is 305 cm³/mol. The molecule has 4 fully saturated rings. The third-order valence-electron chi connectivity index (χ3n) is 14.6. The summed E-state index contributed by atoms with van der Waals surface area (Å²) in [6, 6.07) is 29.9. The third-order valence-corrected chi connectivity index (χ3v) is 14.6. The van der Waals surface area contributed by atoms with Gasteiger partial charge in [-0.15, -0.1) is 13.2 Å². The van der Waals surface area contributed by atoms with Gasteiger partial charge in [0.1, 0.15) is 58.0 Å². The Bertz CT molecular complexity index is 3060. The number of likely N-dealkylation sites (tertiary alicyclic amines) is 2. The number of fused-ring (bicyclic) bond motifs is 6. The number of nitrogens with zero attached hydrogens (tertiary/aromatic N) is 4. The average Bonchev–Trinajstić information content (AvgIpc) is 4.14. The van der Waals surface area contributed by atoms with Crippen LogP contribution in [0.2, 0.25) is 0 Å². The van der Waals surface area contributed by atoms with Gasteiger partial charge in [0.25, 0.3) is 0 Å². The second-order valence-corrected chi connectivity index (χ2v) is 22.3. The molecule has 8 atom stereocenters. The zero-order valence-corrected chi connectivity index (χ0v) is 46.4. The SMILES string of the molecule is C.C.C=C[C@@H]1C[C@]1(NC(=O)[C@@H]1C[C@@H](ON=C2c3ccccc3-c3ccccc32)CN1C(=O)OC(C)(C)C)C(=O)O.C=C[C@@H]1C[C@]1(NC(=O)[C@@H]1C[C@@H](ON=C2c3ccccc3-c3ccccc32)CN1C(=O)OC(C)(C)C)C(=O)OCC.[Li+].[OH-]. The van der Waals surface area contributed by atoms with Crippen molar-refractivity contribution in [2.24, 2.45) is 22.1 Å². The smallest absolute Gasteiger partial charge is 0.870 e. The van der Waals surface area contributed by atoms with E-state index in [1.165, 1.54) is 15.9 Å². The van der Waals surface area contributed by atoms with Crippen molar-refractivity contribution in [1.82, 2.24) is 20.4 Å². The number of amides is 4. The molecule has 0 aromatic heterocycles. The Hall–Kier alpha value is -7.72. The predicted octanol–water partition coefficient (Wildman–Crippen LogP) is 6.50. The van der Waals surface area contributed by atoms with Gasteiger partial charge in [0.15, 0.2) is 0 Å². The normalized spacial score (nSPS) is 23.6. The van der Waals surface area contributed by atoms with Crippen molar-refractivity contribution in [3.05, 3.63) is 145 Å². The van der Waals surface area contributed by atoms with E-state index in [-0.39, 0.29) is 90.0 Å². The summed E-state index contributed by atoms with van der Waals surface area (Å²) in [5, 5.41) is 24.3. The van der Waals surface area contributed by atoms with Crippen LogP contribution in [0, 0.1) is 11.8 Å². The van der Waals surface area contributed by atoms with Gasteiger partial charge in [-0.05, 0) is 83.6 Å². The van der Waals surface area contributed by atoms with E-state index >= 15 is 0 Å². The Kier molecular flexibility index (Phi) is 20.3. The first-order valence-electron chi connectivity index (χ1n) is 26.3. The Labute approximate surface area is 492 Å². The first-order chi connectivity index (χ1) is 37.1. The molecule has 10 rings (SSSR count). The molecule has 20 heteroatoms. The molecular weight excluding hydrogens is 1040 g/mol. The van der Waals surface area contributed by atoms with Crippen LogP contribution in [0.3, 0.4) is 0 Å². The van der Waals surface area contributed by atoms with E-state index in [4.69, 9.17) is 23.9 Å². The number of nitrogens with one attached hydrogen (secondary N) is 2. The van der Waals surface area contributed by atoms with Gasteiger partial charge in [0.05, 0.1) is 19.7 Å². The number of carboxylic acid groups (broad SMARTS) is 1. The second kappa shape index (κ2) is 25.6. The zero-order chi connectivity index (χ0) is 55.9. The fourth-order valence-electron chi connectivity index (χ4n) is 10.6. The maximum absolute atomic E-state index is 13.6. The van der Waals surface area contributed by atoms with E-state index in [9.17, 15) is 33.9 Å². The molecule has 0 radical (unpaired) electrons. The van der Waals surface area contributed by atoms with Gasteiger partial charge < -0.3 is 45.1 Å². The van der Waals surface area contributed by atoms with Crippen molar-refractivity contribution >= 4 is 47.4 Å². The van der Waals surface area contributed by atoms with E-state index in [2.05, 4.69) is 34.1 Å². The first kappa shape index (κ1) is 65.1. The Morgan fingerprint density at radius 1 is 0.598 bits per heavy atom. The van der Waals surface area contributed by atoms with Crippen LogP contribution in [0.15, 0.2) is 133 Å². The monoisotopic (exact) mass is 1120 g/mol. The van der Waals surface area contributed by atoms with Crippen molar-refractivity contribution in [1.29, 1.82) is 0 Å². The zero-order valence-electron chi connectivity index (χ0n) is 46.4. The molecule has 2 saturated heterocycles. The molecule has 2 saturated carbocycles. The number of hydrogen-bond donors (Lipinski definition) is 3. The Balaban J connectivity index is 0.000000287. The van der Waals surface area contributed by atoms with Gasteiger partial charge >= 0.3 is 43.0 Å². The number of carbonyl (C=O) groups excluding carboxylic acids is 5. The quantitative estimate of drug-likeness (QED) is 0.0368. The fraction of sp³-hybridized carbons (Fsp3) is 0.419. The van der Waals surface area contributed by atoms with Crippen molar-refractivity contribution in [2.45, 2.75) is 136 Å². The second-order valence-electron chi connectivity index (χ2n) is 22.3. The Morgan fingerprint density at radius 2 is 0.915 bits per heavy atom. The van der Waals surface area contributed by atoms with Gasteiger partial charge in [-0.3, -0.25) is 19.4 Å². The summed E-state index contributed by atoms with van der Waals surface area (Å²) < 4.78 is 16.4. The summed E-state index contributed by atoms with van der Waals surface area (Å²) in [6.45, 7) is 20.0. The molecule has 2 heterocycles. The topological polar surface area (TPSA) is 254 Å². The van der Waals surface area contributed by atoms with Gasteiger partial charge in [-0.2, -0.15) is 0 Å². The van der Waals surface area contributed by atoms with Crippen molar-refractivity contribution in [2.75, 3.05) is 19.7 Å². The van der Waals surface area contributed by atoms with E-state index in [1.807, 2.05) is 97.1 Å². The van der Waals surface area contributed by atoms with Gasteiger partial charge in [0.2, 0.25) is 11.8 Å². The molecule has 4 aromatic rings. The minimum Gasteiger partial charge on any atom is -0.870 e.